The van der Waals surface area contributed by atoms with Gasteiger partial charge in [-0.15, -0.1) is 0 Å². The number of piperazine rings is 1. The summed E-state index contributed by atoms with van der Waals surface area (Å²) in [6.07, 6.45) is 0. The van der Waals surface area contributed by atoms with Crippen LogP contribution in [0.2, 0.25) is 0 Å². The second-order valence-electron chi connectivity index (χ2n) is 6.28. The maximum Gasteiger partial charge on any atom is 0.341 e. The Hall–Kier alpha value is -2.23. The van der Waals surface area contributed by atoms with E-state index in [1.54, 1.807) is 13.0 Å². The van der Waals surface area contributed by atoms with Crippen molar-refractivity contribution in [3.05, 3.63) is 53.2 Å². The fraction of sp³-hybridized carbons (Fsp3) is 0.389. The Morgan fingerprint density at radius 1 is 1.22 bits per heavy atom. The summed E-state index contributed by atoms with van der Waals surface area (Å²) in [4.78, 5) is 13.4. The average molecular weight is 396 g/mol. The van der Waals surface area contributed by atoms with Crippen molar-refractivity contribution in [2.24, 2.45) is 0 Å². The molecule has 3 rings (SSSR count). The lowest BCUT2D eigenvalue weighted by Crippen LogP contribution is -2.48. The zero-order valence-electron chi connectivity index (χ0n) is 15.1. The van der Waals surface area contributed by atoms with Gasteiger partial charge in [0.05, 0.1) is 13.7 Å². The van der Waals surface area contributed by atoms with E-state index in [-0.39, 0.29) is 18.0 Å². The lowest BCUT2D eigenvalue weighted by atomic mass is 10.2. The Morgan fingerprint density at radius 3 is 2.52 bits per heavy atom. The highest BCUT2D eigenvalue weighted by Crippen LogP contribution is 2.22. The summed E-state index contributed by atoms with van der Waals surface area (Å²) in [6.45, 7) is 3.59. The van der Waals surface area contributed by atoms with Crippen molar-refractivity contribution in [2.75, 3.05) is 33.3 Å². The summed E-state index contributed by atoms with van der Waals surface area (Å²) in [7, 11) is -2.55. The SMILES string of the molecule is COC(=O)c1cc(CN2CCN(S(=O)(=O)c3ccccc3F)CC2)oc1C. The molecule has 1 aromatic carbocycles. The van der Waals surface area contributed by atoms with E-state index in [0.717, 1.165) is 6.07 Å². The van der Waals surface area contributed by atoms with Crippen LogP contribution in [0, 0.1) is 12.7 Å². The fourth-order valence-electron chi connectivity index (χ4n) is 3.08. The van der Waals surface area contributed by atoms with Crippen molar-refractivity contribution in [3.8, 4) is 0 Å². The number of esters is 1. The van der Waals surface area contributed by atoms with Gasteiger partial charge in [0.1, 0.15) is 27.8 Å². The maximum atomic E-state index is 13.9. The minimum Gasteiger partial charge on any atom is -0.465 e. The molecule has 0 spiro atoms. The summed E-state index contributed by atoms with van der Waals surface area (Å²) >= 11 is 0. The van der Waals surface area contributed by atoms with Gasteiger partial charge >= 0.3 is 5.97 Å². The number of aryl methyl sites for hydroxylation is 1. The third-order valence-electron chi connectivity index (χ3n) is 4.54. The number of halogens is 1. The largest absolute Gasteiger partial charge is 0.465 e. The van der Waals surface area contributed by atoms with Crippen molar-refractivity contribution in [1.82, 2.24) is 9.21 Å². The third kappa shape index (κ3) is 4.05. The lowest BCUT2D eigenvalue weighted by molar-refractivity contribution is 0.0598. The van der Waals surface area contributed by atoms with E-state index in [4.69, 9.17) is 9.15 Å². The van der Waals surface area contributed by atoms with Gasteiger partial charge in [0.15, 0.2) is 0 Å². The van der Waals surface area contributed by atoms with Gasteiger partial charge in [0, 0.05) is 26.2 Å². The van der Waals surface area contributed by atoms with Gasteiger partial charge in [0.25, 0.3) is 0 Å². The summed E-state index contributed by atoms with van der Waals surface area (Å²) in [5, 5.41) is 0. The second kappa shape index (κ2) is 7.79. The molecular formula is C18H21FN2O5S. The topological polar surface area (TPSA) is 80.1 Å². The monoisotopic (exact) mass is 396 g/mol. The number of hydrogen-bond acceptors (Lipinski definition) is 6. The number of benzene rings is 1. The molecule has 1 aromatic heterocycles. The molecule has 1 aliphatic rings. The number of ether oxygens (including phenoxy) is 1. The third-order valence-corrected chi connectivity index (χ3v) is 6.47. The van der Waals surface area contributed by atoms with E-state index >= 15 is 0 Å². The van der Waals surface area contributed by atoms with Crippen LogP contribution in [0.1, 0.15) is 21.9 Å². The minimum atomic E-state index is -3.86. The van der Waals surface area contributed by atoms with E-state index < -0.39 is 21.8 Å². The Bertz CT molecular complexity index is 933. The van der Waals surface area contributed by atoms with Gasteiger partial charge in [-0.25, -0.2) is 17.6 Å². The van der Waals surface area contributed by atoms with Crippen molar-refractivity contribution in [3.63, 3.8) is 0 Å². The zero-order valence-corrected chi connectivity index (χ0v) is 16.0. The molecule has 146 valence electrons. The molecule has 0 bridgehead atoms. The molecule has 1 fully saturated rings. The van der Waals surface area contributed by atoms with Crippen LogP contribution in [0.15, 0.2) is 39.6 Å². The molecule has 0 radical (unpaired) electrons. The van der Waals surface area contributed by atoms with Crippen LogP contribution in [0.5, 0.6) is 0 Å². The minimum absolute atomic E-state index is 0.250. The number of carbonyl (C=O) groups is 1. The standard InChI is InChI=1S/C18H21FN2O5S/c1-13-15(18(22)25-2)11-14(26-13)12-20-7-9-21(10-8-20)27(23,24)17-6-4-3-5-16(17)19/h3-6,11H,7-10,12H2,1-2H3. The number of nitrogens with zero attached hydrogens (tertiary/aromatic N) is 2. The number of carbonyl (C=O) groups excluding carboxylic acids is 1. The van der Waals surface area contributed by atoms with Crippen LogP contribution >= 0.6 is 0 Å². The van der Waals surface area contributed by atoms with Crippen LogP contribution in [-0.4, -0.2) is 56.9 Å². The molecule has 9 heteroatoms. The average Bonchev–Trinajstić information content (AvgIpc) is 3.02. The predicted octanol–water partition coefficient (Wildman–Crippen LogP) is 2.02. The van der Waals surface area contributed by atoms with Crippen LogP contribution in [0.25, 0.3) is 0 Å². The van der Waals surface area contributed by atoms with Crippen LogP contribution in [-0.2, 0) is 21.3 Å². The van der Waals surface area contributed by atoms with Crippen molar-refractivity contribution in [2.45, 2.75) is 18.4 Å². The first-order valence-electron chi connectivity index (χ1n) is 8.47. The highest BCUT2D eigenvalue weighted by molar-refractivity contribution is 7.89. The molecule has 1 aliphatic heterocycles. The molecule has 7 nitrogen and oxygen atoms in total. The number of methoxy groups -OCH3 is 1. The van der Waals surface area contributed by atoms with Gasteiger partial charge in [-0.1, -0.05) is 12.1 Å². The molecule has 0 amide bonds. The Kier molecular flexibility index (Phi) is 5.64. The number of sulfonamides is 1. The first-order chi connectivity index (χ1) is 12.8. The van der Waals surface area contributed by atoms with E-state index in [9.17, 15) is 17.6 Å². The number of hydrogen-bond donors (Lipinski definition) is 0. The predicted molar refractivity (Wildman–Crippen MR) is 95.2 cm³/mol. The second-order valence-corrected chi connectivity index (χ2v) is 8.19. The number of rotatable bonds is 5. The highest BCUT2D eigenvalue weighted by atomic mass is 32.2. The van der Waals surface area contributed by atoms with Gasteiger partial charge < -0.3 is 9.15 Å². The first-order valence-corrected chi connectivity index (χ1v) is 9.91. The summed E-state index contributed by atoms with van der Waals surface area (Å²) in [5.41, 5.74) is 0.383. The maximum absolute atomic E-state index is 13.9. The van der Waals surface area contributed by atoms with E-state index in [1.165, 1.54) is 29.6 Å². The Morgan fingerprint density at radius 2 is 1.89 bits per heavy atom. The molecule has 0 saturated carbocycles. The lowest BCUT2D eigenvalue weighted by Gasteiger charge is -2.33. The molecule has 0 atom stereocenters. The first kappa shape index (κ1) is 19.5. The van der Waals surface area contributed by atoms with Gasteiger partial charge in [0.2, 0.25) is 10.0 Å². The van der Waals surface area contributed by atoms with E-state index in [2.05, 4.69) is 0 Å². The van der Waals surface area contributed by atoms with Crippen LogP contribution in [0.3, 0.4) is 0 Å². The van der Waals surface area contributed by atoms with Gasteiger partial charge in [-0.05, 0) is 25.1 Å². The molecule has 27 heavy (non-hydrogen) atoms. The Balaban J connectivity index is 1.64. The molecule has 2 aromatic rings. The molecule has 0 unspecified atom stereocenters. The molecular weight excluding hydrogens is 375 g/mol. The highest BCUT2D eigenvalue weighted by Gasteiger charge is 2.30. The van der Waals surface area contributed by atoms with Crippen molar-refractivity contribution in [1.29, 1.82) is 0 Å². The van der Waals surface area contributed by atoms with Crippen molar-refractivity contribution < 1.29 is 26.8 Å². The smallest absolute Gasteiger partial charge is 0.341 e. The normalized spacial score (nSPS) is 16.4. The van der Waals surface area contributed by atoms with E-state index in [0.29, 0.717) is 36.7 Å². The molecule has 0 aliphatic carbocycles. The van der Waals surface area contributed by atoms with Gasteiger partial charge in [-0.2, -0.15) is 4.31 Å². The molecule has 1 saturated heterocycles. The number of furan rings is 1. The van der Waals surface area contributed by atoms with E-state index in [1.807, 2.05) is 4.90 Å². The van der Waals surface area contributed by atoms with Crippen molar-refractivity contribution >= 4 is 16.0 Å². The zero-order chi connectivity index (χ0) is 19.6. The van der Waals surface area contributed by atoms with Crippen LogP contribution < -0.4 is 0 Å². The summed E-state index contributed by atoms with van der Waals surface area (Å²) in [5.74, 6) is -0.111. The van der Waals surface area contributed by atoms with Crippen LogP contribution in [0.4, 0.5) is 4.39 Å². The van der Waals surface area contributed by atoms with Gasteiger partial charge in [-0.3, -0.25) is 4.90 Å². The summed E-state index contributed by atoms with van der Waals surface area (Å²) in [6, 6.07) is 7.02. The molecule has 0 N–H and O–H groups in total. The quantitative estimate of drug-likeness (QED) is 0.720. The Labute approximate surface area is 157 Å². The summed E-state index contributed by atoms with van der Waals surface area (Å²) < 4.78 is 50.7. The molecule has 2 heterocycles. The fourth-order valence-corrected chi connectivity index (χ4v) is 4.56.